The van der Waals surface area contributed by atoms with Crippen LogP contribution < -0.4 is 10.6 Å². The molecule has 0 bridgehead atoms. The van der Waals surface area contributed by atoms with Crippen LogP contribution in [0.5, 0.6) is 0 Å². The molecular formula is C14H23IN6S. The van der Waals surface area contributed by atoms with Gasteiger partial charge < -0.3 is 15.2 Å². The summed E-state index contributed by atoms with van der Waals surface area (Å²) in [6.07, 6.45) is 3.80. The van der Waals surface area contributed by atoms with E-state index in [0.717, 1.165) is 35.6 Å². The van der Waals surface area contributed by atoms with E-state index in [2.05, 4.69) is 37.1 Å². The normalized spacial score (nSPS) is 11.2. The highest BCUT2D eigenvalue weighted by Crippen LogP contribution is 2.15. The minimum atomic E-state index is 0. The molecule has 0 aromatic carbocycles. The minimum absolute atomic E-state index is 0. The molecule has 0 fully saturated rings. The van der Waals surface area contributed by atoms with Gasteiger partial charge in [0, 0.05) is 37.4 Å². The van der Waals surface area contributed by atoms with Crippen LogP contribution in [0, 0.1) is 20.8 Å². The van der Waals surface area contributed by atoms with Crippen LogP contribution in [0.25, 0.3) is 0 Å². The van der Waals surface area contributed by atoms with E-state index in [1.807, 2.05) is 26.2 Å². The number of guanidine groups is 1. The number of aryl methyl sites for hydroxylation is 3. The fraction of sp³-hybridized carbons (Fsp3) is 0.500. The van der Waals surface area contributed by atoms with Gasteiger partial charge in [-0.05, 0) is 20.8 Å². The van der Waals surface area contributed by atoms with Gasteiger partial charge in [0.05, 0.1) is 12.2 Å². The van der Waals surface area contributed by atoms with Gasteiger partial charge in [-0.1, -0.05) is 0 Å². The number of nitrogens with one attached hydrogen (secondary N) is 2. The lowest BCUT2D eigenvalue weighted by molar-refractivity contribution is 0.645. The molecule has 0 unspecified atom stereocenters. The van der Waals surface area contributed by atoms with E-state index >= 15 is 0 Å². The summed E-state index contributed by atoms with van der Waals surface area (Å²) in [4.78, 5) is 14.2. The Balaban J connectivity index is 0.00000242. The van der Waals surface area contributed by atoms with Gasteiger partial charge in [0.15, 0.2) is 5.96 Å². The summed E-state index contributed by atoms with van der Waals surface area (Å²) in [5.74, 6) is 1.81. The largest absolute Gasteiger partial charge is 0.355 e. The Labute approximate surface area is 152 Å². The fourth-order valence-corrected chi connectivity index (χ4v) is 2.80. The van der Waals surface area contributed by atoms with Crippen molar-refractivity contribution >= 4 is 41.3 Å². The number of rotatable bonds is 5. The van der Waals surface area contributed by atoms with Crippen molar-refractivity contribution in [3.63, 3.8) is 0 Å². The van der Waals surface area contributed by atoms with Gasteiger partial charge in [-0.15, -0.1) is 35.3 Å². The van der Waals surface area contributed by atoms with Crippen molar-refractivity contribution < 1.29 is 0 Å². The highest BCUT2D eigenvalue weighted by atomic mass is 127. The molecule has 2 heterocycles. The molecule has 2 aromatic heterocycles. The zero-order valence-corrected chi connectivity index (χ0v) is 16.5. The first-order valence-electron chi connectivity index (χ1n) is 6.95. The average Bonchev–Trinajstić information content (AvgIpc) is 3.00. The quantitative estimate of drug-likeness (QED) is 0.431. The van der Waals surface area contributed by atoms with E-state index in [0.29, 0.717) is 6.54 Å². The van der Waals surface area contributed by atoms with E-state index in [9.17, 15) is 0 Å². The molecule has 2 aromatic rings. The Morgan fingerprint density at radius 2 is 2.09 bits per heavy atom. The Kier molecular flexibility index (Phi) is 7.80. The molecule has 0 aliphatic carbocycles. The van der Waals surface area contributed by atoms with Crippen LogP contribution >= 0.6 is 35.3 Å². The van der Waals surface area contributed by atoms with Gasteiger partial charge in [-0.3, -0.25) is 4.99 Å². The molecule has 122 valence electrons. The van der Waals surface area contributed by atoms with Gasteiger partial charge in [0.2, 0.25) is 0 Å². The molecule has 0 aliphatic rings. The predicted octanol–water partition coefficient (Wildman–Crippen LogP) is 2.25. The molecule has 0 spiro atoms. The number of nitrogens with zero attached hydrogens (tertiary/aromatic N) is 4. The number of hydrogen-bond acceptors (Lipinski definition) is 4. The third kappa shape index (κ3) is 5.24. The summed E-state index contributed by atoms with van der Waals surface area (Å²) < 4.78 is 2.10. The molecule has 0 amide bonds. The van der Waals surface area contributed by atoms with Crippen LogP contribution in [0.4, 0.5) is 0 Å². The van der Waals surface area contributed by atoms with Gasteiger partial charge in [-0.25, -0.2) is 9.97 Å². The molecule has 6 nitrogen and oxygen atoms in total. The van der Waals surface area contributed by atoms with Crippen molar-refractivity contribution in [2.24, 2.45) is 4.99 Å². The average molecular weight is 434 g/mol. The summed E-state index contributed by atoms with van der Waals surface area (Å²) in [5.41, 5.74) is 1.11. The lowest BCUT2D eigenvalue weighted by Crippen LogP contribution is -2.38. The Hall–Kier alpha value is -1.16. The SMILES string of the molecule is CN=C(NCCn1ccnc1C)NCc1nc(C)c(C)s1.I. The highest BCUT2D eigenvalue weighted by Gasteiger charge is 2.04. The van der Waals surface area contributed by atoms with Crippen molar-refractivity contribution in [1.29, 1.82) is 0 Å². The van der Waals surface area contributed by atoms with Crippen molar-refractivity contribution in [2.75, 3.05) is 13.6 Å². The summed E-state index contributed by atoms with van der Waals surface area (Å²) in [5, 5.41) is 7.66. The lowest BCUT2D eigenvalue weighted by atomic mass is 10.4. The van der Waals surface area contributed by atoms with Crippen molar-refractivity contribution in [3.05, 3.63) is 33.8 Å². The standard InChI is InChI=1S/C14H22N6S.HI/c1-10-11(2)21-13(19-10)9-18-14(15-4)17-6-8-20-7-5-16-12(20)3;/h5,7H,6,8-9H2,1-4H3,(H2,15,17,18);1H. The summed E-state index contributed by atoms with van der Waals surface area (Å²) in [7, 11) is 1.77. The first-order chi connectivity index (χ1) is 10.1. The Bertz CT molecular complexity index is 599. The third-order valence-corrected chi connectivity index (χ3v) is 4.35. The maximum absolute atomic E-state index is 4.51. The summed E-state index contributed by atoms with van der Waals surface area (Å²) in [6, 6.07) is 0. The van der Waals surface area contributed by atoms with E-state index in [1.165, 1.54) is 4.88 Å². The van der Waals surface area contributed by atoms with Crippen molar-refractivity contribution in [2.45, 2.75) is 33.9 Å². The number of aromatic nitrogens is 3. The number of aliphatic imine (C=N–C) groups is 1. The van der Waals surface area contributed by atoms with Crippen LogP contribution in [0.1, 0.15) is 21.4 Å². The van der Waals surface area contributed by atoms with Gasteiger partial charge in [0.25, 0.3) is 0 Å². The maximum atomic E-state index is 4.51. The first kappa shape index (κ1) is 18.9. The second-order valence-electron chi connectivity index (χ2n) is 4.77. The monoisotopic (exact) mass is 434 g/mol. The van der Waals surface area contributed by atoms with E-state index in [1.54, 1.807) is 18.4 Å². The second kappa shape index (κ2) is 9.09. The Morgan fingerprint density at radius 3 is 2.64 bits per heavy atom. The third-order valence-electron chi connectivity index (χ3n) is 3.27. The molecular weight excluding hydrogens is 411 g/mol. The van der Waals surface area contributed by atoms with Gasteiger partial charge in [0.1, 0.15) is 10.8 Å². The van der Waals surface area contributed by atoms with Crippen LogP contribution in [0.2, 0.25) is 0 Å². The molecule has 8 heteroatoms. The first-order valence-corrected chi connectivity index (χ1v) is 7.77. The Morgan fingerprint density at radius 1 is 1.32 bits per heavy atom. The summed E-state index contributed by atoms with van der Waals surface area (Å²) >= 11 is 1.72. The molecule has 2 rings (SSSR count). The minimum Gasteiger partial charge on any atom is -0.355 e. The zero-order chi connectivity index (χ0) is 15.2. The number of imidazole rings is 1. The van der Waals surface area contributed by atoms with Gasteiger partial charge in [-0.2, -0.15) is 0 Å². The van der Waals surface area contributed by atoms with E-state index < -0.39 is 0 Å². The predicted molar refractivity (Wildman–Crippen MR) is 102 cm³/mol. The van der Waals surface area contributed by atoms with Crippen molar-refractivity contribution in [3.8, 4) is 0 Å². The molecule has 0 saturated carbocycles. The topological polar surface area (TPSA) is 67.1 Å². The number of halogens is 1. The second-order valence-corrected chi connectivity index (χ2v) is 6.06. The molecule has 0 atom stereocenters. The highest BCUT2D eigenvalue weighted by molar-refractivity contribution is 14.0. The van der Waals surface area contributed by atoms with Crippen molar-refractivity contribution in [1.82, 2.24) is 25.2 Å². The zero-order valence-electron chi connectivity index (χ0n) is 13.4. The smallest absolute Gasteiger partial charge is 0.191 e. The van der Waals surface area contributed by atoms with Crippen LogP contribution in [-0.2, 0) is 13.1 Å². The van der Waals surface area contributed by atoms with Crippen LogP contribution in [-0.4, -0.2) is 34.1 Å². The van der Waals surface area contributed by atoms with E-state index in [4.69, 9.17) is 0 Å². The lowest BCUT2D eigenvalue weighted by Gasteiger charge is -2.11. The molecule has 22 heavy (non-hydrogen) atoms. The van der Waals surface area contributed by atoms with E-state index in [-0.39, 0.29) is 24.0 Å². The van der Waals surface area contributed by atoms with Gasteiger partial charge >= 0.3 is 0 Å². The summed E-state index contributed by atoms with van der Waals surface area (Å²) in [6.45, 7) is 8.49. The number of hydrogen-bond donors (Lipinski definition) is 2. The molecule has 0 radical (unpaired) electrons. The molecule has 2 N–H and O–H groups in total. The molecule has 0 saturated heterocycles. The maximum Gasteiger partial charge on any atom is 0.191 e. The van der Waals surface area contributed by atoms with Crippen LogP contribution in [0.3, 0.4) is 0 Å². The number of thiazole rings is 1. The molecule has 0 aliphatic heterocycles. The van der Waals surface area contributed by atoms with Crippen LogP contribution in [0.15, 0.2) is 17.4 Å². The fourth-order valence-electron chi connectivity index (χ4n) is 1.93.